The highest BCUT2D eigenvalue weighted by molar-refractivity contribution is 5.65. The smallest absolute Gasteiger partial charge is 0.166 e. The molecule has 0 bridgehead atoms. The first kappa shape index (κ1) is 16.5. The summed E-state index contributed by atoms with van der Waals surface area (Å²) in [5.74, 6) is -0.902. The number of aliphatic hydroxyl groups is 3. The van der Waals surface area contributed by atoms with Crippen LogP contribution in [0.3, 0.4) is 0 Å². The molecule has 132 valence electrons. The second kappa shape index (κ2) is 4.80. The van der Waals surface area contributed by atoms with Crippen LogP contribution < -0.4 is 0 Å². The standard InChI is InChI=1S/C20H28O4/c1-17-9-10-20(23,24)11-13(17)3-4-14-15(17)5-7-18(2)16(14)6-8-19(18,22)12-21/h3,5,12,14,16,22-24H,4,6-11H2,1-2H3/t14-,16+,17+,18+,19+/m1/s1. The van der Waals surface area contributed by atoms with Crippen LogP contribution in [0.4, 0.5) is 0 Å². The van der Waals surface area contributed by atoms with E-state index in [1.54, 1.807) is 0 Å². The number of aldehydes is 1. The minimum atomic E-state index is -1.58. The Bertz CT molecular complexity index is 648. The van der Waals surface area contributed by atoms with Crippen molar-refractivity contribution in [3.05, 3.63) is 23.3 Å². The van der Waals surface area contributed by atoms with E-state index in [4.69, 9.17) is 0 Å². The Labute approximate surface area is 143 Å². The van der Waals surface area contributed by atoms with Gasteiger partial charge in [-0.1, -0.05) is 37.1 Å². The van der Waals surface area contributed by atoms with Crippen LogP contribution in [0.1, 0.15) is 58.8 Å². The number of hydrogen-bond donors (Lipinski definition) is 3. The van der Waals surface area contributed by atoms with Gasteiger partial charge in [0.05, 0.1) is 0 Å². The minimum Gasteiger partial charge on any atom is -0.382 e. The molecule has 4 heteroatoms. The van der Waals surface area contributed by atoms with Gasteiger partial charge in [-0.05, 0) is 43.9 Å². The Hall–Kier alpha value is -0.970. The topological polar surface area (TPSA) is 77.8 Å². The summed E-state index contributed by atoms with van der Waals surface area (Å²) >= 11 is 0. The van der Waals surface area contributed by atoms with Crippen molar-refractivity contribution in [3.8, 4) is 0 Å². The zero-order chi connectivity index (χ0) is 17.4. The quantitative estimate of drug-likeness (QED) is 0.392. The predicted octanol–water partition coefficient (Wildman–Crippen LogP) is 2.48. The maximum Gasteiger partial charge on any atom is 0.166 e. The Morgan fingerprint density at radius 3 is 2.58 bits per heavy atom. The van der Waals surface area contributed by atoms with Gasteiger partial charge in [0.15, 0.2) is 12.1 Å². The molecule has 4 aliphatic rings. The van der Waals surface area contributed by atoms with Gasteiger partial charge in [-0.25, -0.2) is 0 Å². The SMILES string of the molecule is C[C@]12CCC(O)(O)CC1=CC[C@@H]1C2=CC[C@@]2(C)[C@H]1CC[C@]2(O)C=O. The molecule has 0 aromatic heterocycles. The molecule has 5 atom stereocenters. The average Bonchev–Trinajstić information content (AvgIpc) is 2.80. The maximum atomic E-state index is 11.6. The Balaban J connectivity index is 1.74. The molecule has 4 rings (SSSR count). The number of hydrogen-bond acceptors (Lipinski definition) is 4. The molecule has 0 aromatic carbocycles. The van der Waals surface area contributed by atoms with E-state index in [2.05, 4.69) is 26.0 Å². The molecule has 0 heterocycles. The predicted molar refractivity (Wildman–Crippen MR) is 89.9 cm³/mol. The first-order valence-electron chi connectivity index (χ1n) is 9.19. The zero-order valence-electron chi connectivity index (χ0n) is 14.6. The van der Waals surface area contributed by atoms with Crippen LogP contribution in [-0.4, -0.2) is 33.0 Å². The molecule has 4 aliphatic carbocycles. The van der Waals surface area contributed by atoms with E-state index in [-0.39, 0.29) is 10.8 Å². The summed E-state index contributed by atoms with van der Waals surface area (Å²) in [5.41, 5.74) is 0.877. The van der Waals surface area contributed by atoms with Crippen LogP contribution >= 0.6 is 0 Å². The average molecular weight is 332 g/mol. The molecule has 0 saturated heterocycles. The lowest BCUT2D eigenvalue weighted by Gasteiger charge is -2.54. The summed E-state index contributed by atoms with van der Waals surface area (Å²) in [4.78, 5) is 11.6. The molecule has 0 aliphatic heterocycles. The maximum absolute atomic E-state index is 11.6. The van der Waals surface area contributed by atoms with Gasteiger partial charge in [-0.3, -0.25) is 0 Å². The van der Waals surface area contributed by atoms with Crippen molar-refractivity contribution < 1.29 is 20.1 Å². The van der Waals surface area contributed by atoms with E-state index < -0.39 is 11.4 Å². The Morgan fingerprint density at radius 2 is 1.88 bits per heavy atom. The summed E-state index contributed by atoms with van der Waals surface area (Å²) < 4.78 is 0. The van der Waals surface area contributed by atoms with E-state index in [1.165, 1.54) is 5.57 Å². The van der Waals surface area contributed by atoms with Gasteiger partial charge in [-0.2, -0.15) is 0 Å². The third-order valence-electron chi connectivity index (χ3n) is 7.93. The number of fused-ring (bicyclic) bond motifs is 5. The molecule has 3 N–H and O–H groups in total. The highest BCUT2D eigenvalue weighted by Gasteiger charge is 2.62. The van der Waals surface area contributed by atoms with Gasteiger partial charge >= 0.3 is 0 Å². The van der Waals surface area contributed by atoms with Crippen LogP contribution in [0.2, 0.25) is 0 Å². The van der Waals surface area contributed by atoms with Crippen molar-refractivity contribution >= 4 is 6.29 Å². The zero-order valence-corrected chi connectivity index (χ0v) is 14.6. The van der Waals surface area contributed by atoms with Crippen molar-refractivity contribution in [3.63, 3.8) is 0 Å². The molecule has 2 fully saturated rings. The lowest BCUT2D eigenvalue weighted by atomic mass is 9.51. The van der Waals surface area contributed by atoms with Crippen LogP contribution in [-0.2, 0) is 4.79 Å². The van der Waals surface area contributed by atoms with Crippen molar-refractivity contribution in [2.24, 2.45) is 22.7 Å². The van der Waals surface area contributed by atoms with Gasteiger partial charge in [0.2, 0.25) is 0 Å². The lowest BCUT2D eigenvalue weighted by molar-refractivity contribution is -0.179. The number of carbonyl (C=O) groups excluding carboxylic acids is 1. The van der Waals surface area contributed by atoms with Crippen molar-refractivity contribution in [2.75, 3.05) is 0 Å². The highest BCUT2D eigenvalue weighted by Crippen LogP contribution is 2.65. The fraction of sp³-hybridized carbons (Fsp3) is 0.750. The summed E-state index contributed by atoms with van der Waals surface area (Å²) in [6, 6.07) is 0. The van der Waals surface area contributed by atoms with Gasteiger partial charge < -0.3 is 20.1 Å². The molecule has 2 saturated carbocycles. The van der Waals surface area contributed by atoms with Crippen LogP contribution in [0.5, 0.6) is 0 Å². The van der Waals surface area contributed by atoms with Crippen molar-refractivity contribution in [2.45, 2.75) is 70.2 Å². The molecule has 0 amide bonds. The third-order valence-corrected chi connectivity index (χ3v) is 7.93. The summed E-state index contributed by atoms with van der Waals surface area (Å²) in [5, 5.41) is 30.9. The fourth-order valence-electron chi connectivity index (χ4n) is 6.18. The van der Waals surface area contributed by atoms with E-state index in [0.717, 1.165) is 37.5 Å². The molecule has 0 radical (unpaired) electrons. The van der Waals surface area contributed by atoms with Gasteiger partial charge in [0, 0.05) is 23.7 Å². The molecule has 0 spiro atoms. The molecular weight excluding hydrogens is 304 g/mol. The van der Waals surface area contributed by atoms with E-state index in [9.17, 15) is 20.1 Å². The number of allylic oxidation sites excluding steroid dienone is 3. The van der Waals surface area contributed by atoms with E-state index in [0.29, 0.717) is 31.1 Å². The highest BCUT2D eigenvalue weighted by atomic mass is 16.5. The summed E-state index contributed by atoms with van der Waals surface area (Å²) in [6.45, 7) is 4.30. The Kier molecular flexibility index (Phi) is 3.30. The van der Waals surface area contributed by atoms with E-state index >= 15 is 0 Å². The summed E-state index contributed by atoms with van der Waals surface area (Å²) in [7, 11) is 0. The van der Waals surface area contributed by atoms with Crippen molar-refractivity contribution in [1.82, 2.24) is 0 Å². The normalized spacial score (nSPS) is 49.4. The second-order valence-corrected chi connectivity index (χ2v) is 9.03. The minimum absolute atomic E-state index is 0.0961. The van der Waals surface area contributed by atoms with Gasteiger partial charge in [-0.15, -0.1) is 0 Å². The van der Waals surface area contributed by atoms with Crippen molar-refractivity contribution in [1.29, 1.82) is 0 Å². The third kappa shape index (κ3) is 1.94. The first-order chi connectivity index (χ1) is 11.2. The monoisotopic (exact) mass is 332 g/mol. The molecular formula is C20H28O4. The summed E-state index contributed by atoms with van der Waals surface area (Å²) in [6.07, 6.45) is 9.74. The van der Waals surface area contributed by atoms with Crippen LogP contribution in [0.25, 0.3) is 0 Å². The number of rotatable bonds is 1. The van der Waals surface area contributed by atoms with Crippen LogP contribution in [0.15, 0.2) is 23.3 Å². The largest absolute Gasteiger partial charge is 0.382 e. The molecule has 0 aromatic rings. The fourth-order valence-corrected chi connectivity index (χ4v) is 6.18. The number of carbonyl (C=O) groups is 1. The molecule has 24 heavy (non-hydrogen) atoms. The first-order valence-corrected chi connectivity index (χ1v) is 9.19. The van der Waals surface area contributed by atoms with Crippen LogP contribution in [0, 0.1) is 22.7 Å². The van der Waals surface area contributed by atoms with E-state index in [1.807, 2.05) is 0 Å². The molecule has 0 unspecified atom stereocenters. The van der Waals surface area contributed by atoms with Gasteiger partial charge in [0.1, 0.15) is 5.60 Å². The second-order valence-electron chi connectivity index (χ2n) is 9.03. The Morgan fingerprint density at radius 1 is 1.12 bits per heavy atom. The molecule has 4 nitrogen and oxygen atoms in total. The lowest BCUT2D eigenvalue weighted by Crippen LogP contribution is -2.52. The van der Waals surface area contributed by atoms with Gasteiger partial charge in [0.25, 0.3) is 0 Å².